The van der Waals surface area contributed by atoms with Crippen molar-refractivity contribution in [2.24, 2.45) is 11.8 Å². The van der Waals surface area contributed by atoms with Crippen LogP contribution in [0.1, 0.15) is 33.5 Å². The zero-order valence-electron chi connectivity index (χ0n) is 20.1. The standard InChI is InChI=1S/C25H27ClN4O5/c1-13-12-16(29-34-13)27-20(31)17-18-22(33)30(15-9-7-6-8-14(15)26)19(21(32)28-23(2,3)4)25(18)11-10-24(17,5)35-25/h6-12,17-19H,1-5H3,(H,28,32)(H,27,29,31)/t17-,18-,19-,24+,25-/m1/s1. The molecule has 5 rings (SSSR count). The summed E-state index contributed by atoms with van der Waals surface area (Å²) in [6.45, 7) is 9.04. The van der Waals surface area contributed by atoms with Gasteiger partial charge in [-0.2, -0.15) is 0 Å². The maximum absolute atomic E-state index is 14.1. The molecule has 0 aliphatic carbocycles. The zero-order valence-corrected chi connectivity index (χ0v) is 20.8. The molecule has 2 bridgehead atoms. The lowest BCUT2D eigenvalue weighted by molar-refractivity contribution is -0.131. The lowest BCUT2D eigenvalue weighted by Crippen LogP contribution is -2.58. The van der Waals surface area contributed by atoms with Gasteiger partial charge in [0.2, 0.25) is 17.7 Å². The highest BCUT2D eigenvalue weighted by atomic mass is 35.5. The van der Waals surface area contributed by atoms with Crippen LogP contribution < -0.4 is 15.5 Å². The van der Waals surface area contributed by atoms with Gasteiger partial charge in [0.05, 0.1) is 28.1 Å². The fourth-order valence-electron chi connectivity index (χ4n) is 5.51. The molecular formula is C25H27ClN4O5. The van der Waals surface area contributed by atoms with E-state index in [2.05, 4.69) is 15.8 Å². The normalized spacial score (nSPS) is 31.1. The summed E-state index contributed by atoms with van der Waals surface area (Å²) in [4.78, 5) is 42.7. The number of aryl methyl sites for hydroxylation is 1. The number of rotatable bonds is 4. The molecule has 1 aromatic carbocycles. The highest BCUT2D eigenvalue weighted by Gasteiger charge is 2.76. The van der Waals surface area contributed by atoms with E-state index in [1.165, 1.54) is 4.90 Å². The number of nitrogens with one attached hydrogen (secondary N) is 2. The molecule has 1 aromatic heterocycles. The Kier molecular flexibility index (Phi) is 5.16. The van der Waals surface area contributed by atoms with Crippen LogP contribution >= 0.6 is 11.6 Å². The van der Waals surface area contributed by atoms with Gasteiger partial charge < -0.3 is 19.9 Å². The third-order valence-corrected chi connectivity index (χ3v) is 7.04. The van der Waals surface area contributed by atoms with E-state index < -0.39 is 52.3 Å². The summed E-state index contributed by atoms with van der Waals surface area (Å²) in [6.07, 6.45) is 3.52. The van der Waals surface area contributed by atoms with Crippen molar-refractivity contribution in [2.45, 2.75) is 57.4 Å². The minimum absolute atomic E-state index is 0.243. The van der Waals surface area contributed by atoms with Gasteiger partial charge in [0.15, 0.2) is 5.82 Å². The van der Waals surface area contributed by atoms with Crippen LogP contribution in [-0.4, -0.2) is 45.7 Å². The summed E-state index contributed by atoms with van der Waals surface area (Å²) in [5, 5.41) is 9.86. The highest BCUT2D eigenvalue weighted by molar-refractivity contribution is 6.34. The van der Waals surface area contributed by atoms with Crippen molar-refractivity contribution in [3.05, 3.63) is 53.3 Å². The summed E-state index contributed by atoms with van der Waals surface area (Å²) >= 11 is 6.48. The van der Waals surface area contributed by atoms with E-state index in [0.717, 1.165) is 0 Å². The van der Waals surface area contributed by atoms with Crippen molar-refractivity contribution < 1.29 is 23.6 Å². The third kappa shape index (κ3) is 3.56. The minimum Gasteiger partial charge on any atom is -0.360 e. The number of hydrogen-bond donors (Lipinski definition) is 2. The average molecular weight is 499 g/mol. The van der Waals surface area contributed by atoms with Gasteiger partial charge in [0.25, 0.3) is 0 Å². The number of carbonyl (C=O) groups excluding carboxylic acids is 3. The van der Waals surface area contributed by atoms with Crippen LogP contribution in [0.4, 0.5) is 11.5 Å². The van der Waals surface area contributed by atoms with Crippen molar-refractivity contribution in [3.63, 3.8) is 0 Å². The number of ether oxygens (including phenoxy) is 1. The summed E-state index contributed by atoms with van der Waals surface area (Å²) in [5.41, 5.74) is -2.61. The number of halogens is 1. The van der Waals surface area contributed by atoms with E-state index in [9.17, 15) is 14.4 Å². The Balaban J connectivity index is 1.61. The Morgan fingerprint density at radius 1 is 1.17 bits per heavy atom. The molecule has 2 saturated heterocycles. The molecule has 2 N–H and O–H groups in total. The number of benzene rings is 1. The van der Waals surface area contributed by atoms with Crippen LogP contribution in [0.3, 0.4) is 0 Å². The van der Waals surface area contributed by atoms with Crippen LogP contribution in [0.25, 0.3) is 0 Å². The first-order valence-electron chi connectivity index (χ1n) is 11.4. The smallest absolute Gasteiger partial charge is 0.246 e. The SMILES string of the molecule is Cc1cc(NC(=O)[C@H]2[C@@H]3C(=O)N(c4ccccc4Cl)[C@H](C(=O)NC(C)(C)C)[C@@]34C=C[C@]2(C)O4)no1. The molecule has 4 heterocycles. The molecule has 1 spiro atoms. The number of amides is 3. The van der Waals surface area contributed by atoms with E-state index >= 15 is 0 Å². The van der Waals surface area contributed by atoms with Crippen molar-refractivity contribution in [1.29, 1.82) is 0 Å². The third-order valence-electron chi connectivity index (χ3n) is 6.72. The maximum atomic E-state index is 14.1. The number of anilines is 2. The summed E-state index contributed by atoms with van der Waals surface area (Å²) in [5.74, 6) is -2.32. The predicted molar refractivity (Wildman–Crippen MR) is 129 cm³/mol. The van der Waals surface area contributed by atoms with Gasteiger partial charge in [0.1, 0.15) is 17.4 Å². The van der Waals surface area contributed by atoms with E-state index in [1.807, 2.05) is 20.8 Å². The first-order chi connectivity index (χ1) is 16.4. The van der Waals surface area contributed by atoms with Crippen molar-refractivity contribution >= 4 is 40.8 Å². The Bertz CT molecular complexity index is 1270. The van der Waals surface area contributed by atoms with Gasteiger partial charge in [0, 0.05) is 11.6 Å². The molecular weight excluding hydrogens is 472 g/mol. The van der Waals surface area contributed by atoms with Crippen LogP contribution in [0.15, 0.2) is 47.0 Å². The largest absolute Gasteiger partial charge is 0.360 e. The van der Waals surface area contributed by atoms with E-state index in [1.54, 1.807) is 56.3 Å². The fraction of sp³-hybridized carbons (Fsp3) is 0.440. The second-order valence-corrected chi connectivity index (χ2v) is 10.9. The molecule has 9 nitrogen and oxygen atoms in total. The topological polar surface area (TPSA) is 114 Å². The van der Waals surface area contributed by atoms with Crippen LogP contribution in [0.5, 0.6) is 0 Å². The number of carbonyl (C=O) groups is 3. The molecule has 184 valence electrons. The van der Waals surface area contributed by atoms with Crippen LogP contribution in [0.2, 0.25) is 5.02 Å². The molecule has 3 aliphatic heterocycles. The molecule has 0 radical (unpaired) electrons. The van der Waals surface area contributed by atoms with E-state index in [0.29, 0.717) is 16.5 Å². The van der Waals surface area contributed by atoms with Crippen molar-refractivity contribution in [2.75, 3.05) is 10.2 Å². The highest BCUT2D eigenvalue weighted by Crippen LogP contribution is 2.60. The summed E-state index contributed by atoms with van der Waals surface area (Å²) in [6, 6.07) is 7.35. The number of nitrogens with zero attached hydrogens (tertiary/aromatic N) is 2. The average Bonchev–Trinajstić information content (AvgIpc) is 3.44. The van der Waals surface area contributed by atoms with Gasteiger partial charge >= 0.3 is 0 Å². The first-order valence-corrected chi connectivity index (χ1v) is 11.8. The molecule has 3 aliphatic rings. The molecule has 2 aromatic rings. The fourth-order valence-corrected chi connectivity index (χ4v) is 5.73. The number of para-hydroxylation sites is 1. The molecule has 2 fully saturated rings. The van der Waals surface area contributed by atoms with E-state index in [-0.39, 0.29) is 5.82 Å². The number of hydrogen-bond acceptors (Lipinski definition) is 6. The van der Waals surface area contributed by atoms with E-state index in [4.69, 9.17) is 20.9 Å². The van der Waals surface area contributed by atoms with Gasteiger partial charge in [-0.05, 0) is 46.8 Å². The summed E-state index contributed by atoms with van der Waals surface area (Å²) < 4.78 is 11.5. The lowest BCUT2D eigenvalue weighted by atomic mass is 9.70. The second kappa shape index (κ2) is 7.66. The quantitative estimate of drug-likeness (QED) is 0.625. The Hall–Kier alpha value is -3.17. The minimum atomic E-state index is -1.35. The van der Waals surface area contributed by atoms with Gasteiger partial charge in [-0.1, -0.05) is 41.0 Å². The Morgan fingerprint density at radius 3 is 2.51 bits per heavy atom. The van der Waals surface area contributed by atoms with Gasteiger partial charge in [-0.3, -0.25) is 19.3 Å². The molecule has 0 saturated carbocycles. The zero-order chi connectivity index (χ0) is 25.3. The Labute approximate surface area is 207 Å². The van der Waals surface area contributed by atoms with Gasteiger partial charge in [-0.25, -0.2) is 0 Å². The summed E-state index contributed by atoms with van der Waals surface area (Å²) in [7, 11) is 0. The molecule has 3 amide bonds. The molecule has 5 atom stereocenters. The van der Waals surface area contributed by atoms with Gasteiger partial charge in [-0.15, -0.1) is 0 Å². The predicted octanol–water partition coefficient (Wildman–Crippen LogP) is 3.23. The monoisotopic (exact) mass is 498 g/mol. The number of fused-ring (bicyclic) bond motifs is 1. The van der Waals surface area contributed by atoms with Crippen LogP contribution in [-0.2, 0) is 19.1 Å². The number of aromatic nitrogens is 1. The Morgan fingerprint density at radius 2 is 1.89 bits per heavy atom. The first kappa shape index (κ1) is 23.6. The lowest BCUT2D eigenvalue weighted by Gasteiger charge is -2.35. The second-order valence-electron chi connectivity index (χ2n) is 10.5. The maximum Gasteiger partial charge on any atom is 0.246 e. The van der Waals surface area contributed by atoms with Crippen molar-refractivity contribution in [3.8, 4) is 0 Å². The molecule has 35 heavy (non-hydrogen) atoms. The van der Waals surface area contributed by atoms with Crippen molar-refractivity contribution in [1.82, 2.24) is 10.5 Å². The molecule has 10 heteroatoms. The van der Waals surface area contributed by atoms with Crippen LogP contribution in [0, 0.1) is 18.8 Å². The molecule has 0 unspecified atom stereocenters.